The van der Waals surface area contributed by atoms with Gasteiger partial charge >= 0.3 is 0 Å². The molecule has 0 N–H and O–H groups in total. The summed E-state index contributed by atoms with van der Waals surface area (Å²) in [5.41, 5.74) is 0.704. The summed E-state index contributed by atoms with van der Waals surface area (Å²) in [6.45, 7) is 5.45. The van der Waals surface area contributed by atoms with Crippen LogP contribution in [0.1, 0.15) is 46.0 Å². The Morgan fingerprint density at radius 2 is 1.83 bits per heavy atom. The Kier molecular flexibility index (Phi) is 1.95. The summed E-state index contributed by atoms with van der Waals surface area (Å²) in [5, 5.41) is 0. The van der Waals surface area contributed by atoms with Gasteiger partial charge in [0, 0.05) is 0 Å². The lowest BCUT2D eigenvalue weighted by molar-refractivity contribution is 0.0293. The Hall–Kier alpha value is -0.0400. The molecule has 1 heterocycles. The Bertz CT molecular complexity index is 166. The van der Waals surface area contributed by atoms with Gasteiger partial charge in [-0.05, 0) is 57.8 Å². The van der Waals surface area contributed by atoms with Gasteiger partial charge in [0.15, 0.2) is 0 Å². The lowest BCUT2D eigenvalue weighted by Crippen LogP contribution is -2.26. The molecule has 2 fully saturated rings. The van der Waals surface area contributed by atoms with Crippen molar-refractivity contribution in [2.45, 2.75) is 51.6 Å². The van der Waals surface area contributed by atoms with Crippen LogP contribution in [0.25, 0.3) is 0 Å². The van der Waals surface area contributed by atoms with E-state index in [1.54, 1.807) is 0 Å². The molecule has 0 atom stereocenters. The third-order valence-electron chi connectivity index (χ3n) is 3.33. The van der Waals surface area contributed by atoms with Crippen LogP contribution in [0.3, 0.4) is 0 Å². The van der Waals surface area contributed by atoms with Crippen molar-refractivity contribution in [2.24, 2.45) is 5.41 Å². The standard InChI is InChI=1S/C11H19O/c1-10(2)8-11(9-12-10)6-4-3-5-7-11/h3H,4-9H2,1-2H3. The molecule has 1 aliphatic heterocycles. The summed E-state index contributed by atoms with van der Waals surface area (Å²) in [6, 6.07) is 0. The normalized spacial score (nSPS) is 32.5. The Balaban J connectivity index is 2.03. The molecule has 0 aromatic heterocycles. The molecule has 1 spiro atoms. The fourth-order valence-electron chi connectivity index (χ4n) is 2.76. The number of rotatable bonds is 0. The highest BCUT2D eigenvalue weighted by Gasteiger charge is 2.44. The van der Waals surface area contributed by atoms with E-state index in [0.29, 0.717) is 5.41 Å². The van der Waals surface area contributed by atoms with E-state index in [1.807, 2.05) is 0 Å². The first-order valence-corrected chi connectivity index (χ1v) is 5.08. The van der Waals surface area contributed by atoms with E-state index < -0.39 is 0 Å². The first-order chi connectivity index (χ1) is 5.62. The highest BCUT2D eigenvalue weighted by Crippen LogP contribution is 2.48. The predicted octanol–water partition coefficient (Wildman–Crippen LogP) is 2.95. The van der Waals surface area contributed by atoms with E-state index in [4.69, 9.17) is 4.74 Å². The van der Waals surface area contributed by atoms with Gasteiger partial charge in [0.25, 0.3) is 0 Å². The molecule has 12 heavy (non-hydrogen) atoms. The SMILES string of the molecule is CC1(C)CC2(CC[CH]CC2)CO1. The van der Waals surface area contributed by atoms with Crippen LogP contribution in [-0.2, 0) is 4.74 Å². The summed E-state index contributed by atoms with van der Waals surface area (Å²) in [4.78, 5) is 0. The van der Waals surface area contributed by atoms with Gasteiger partial charge in [-0.2, -0.15) is 0 Å². The number of hydrogen-bond acceptors (Lipinski definition) is 1. The second-order valence-corrected chi connectivity index (χ2v) is 5.09. The highest BCUT2D eigenvalue weighted by atomic mass is 16.5. The minimum atomic E-state index is 0.150. The molecule has 1 nitrogen and oxygen atoms in total. The van der Waals surface area contributed by atoms with E-state index in [1.165, 1.54) is 32.1 Å². The lowest BCUT2D eigenvalue weighted by atomic mass is 9.71. The van der Waals surface area contributed by atoms with E-state index in [2.05, 4.69) is 20.3 Å². The van der Waals surface area contributed by atoms with E-state index in [9.17, 15) is 0 Å². The van der Waals surface area contributed by atoms with Crippen LogP contribution in [0.15, 0.2) is 0 Å². The van der Waals surface area contributed by atoms with Crippen molar-refractivity contribution in [1.29, 1.82) is 0 Å². The van der Waals surface area contributed by atoms with Gasteiger partial charge < -0.3 is 4.74 Å². The molecule has 2 aliphatic rings. The van der Waals surface area contributed by atoms with Crippen molar-refractivity contribution in [3.05, 3.63) is 6.42 Å². The molecule has 0 aromatic rings. The summed E-state index contributed by atoms with van der Waals surface area (Å²) in [6.07, 6.45) is 9.02. The fourth-order valence-corrected chi connectivity index (χ4v) is 2.76. The van der Waals surface area contributed by atoms with E-state index in [-0.39, 0.29) is 5.60 Å². The van der Waals surface area contributed by atoms with Crippen LogP contribution in [0.2, 0.25) is 0 Å². The molecular weight excluding hydrogens is 148 g/mol. The van der Waals surface area contributed by atoms with Crippen molar-refractivity contribution in [3.63, 3.8) is 0 Å². The molecule has 69 valence electrons. The van der Waals surface area contributed by atoms with Crippen LogP contribution in [0.4, 0.5) is 0 Å². The molecule has 0 amide bonds. The van der Waals surface area contributed by atoms with Crippen LogP contribution < -0.4 is 0 Å². The molecule has 1 heteroatoms. The van der Waals surface area contributed by atoms with Gasteiger partial charge in [0.05, 0.1) is 12.2 Å². The summed E-state index contributed by atoms with van der Waals surface area (Å²) in [5.74, 6) is 0. The molecule has 1 saturated carbocycles. The maximum atomic E-state index is 5.82. The Morgan fingerprint density at radius 3 is 2.33 bits per heavy atom. The quantitative estimate of drug-likeness (QED) is 0.539. The van der Waals surface area contributed by atoms with Crippen LogP contribution >= 0.6 is 0 Å². The average Bonchev–Trinajstić information content (AvgIpc) is 2.29. The van der Waals surface area contributed by atoms with Crippen LogP contribution in [0.5, 0.6) is 0 Å². The van der Waals surface area contributed by atoms with E-state index in [0.717, 1.165) is 6.61 Å². The monoisotopic (exact) mass is 167 g/mol. The first-order valence-electron chi connectivity index (χ1n) is 5.08. The van der Waals surface area contributed by atoms with Crippen molar-refractivity contribution >= 4 is 0 Å². The zero-order chi connectivity index (χ0) is 8.66. The van der Waals surface area contributed by atoms with Crippen molar-refractivity contribution < 1.29 is 4.74 Å². The first kappa shape index (κ1) is 8.55. The fraction of sp³-hybridized carbons (Fsp3) is 0.909. The smallest absolute Gasteiger partial charge is 0.0632 e. The van der Waals surface area contributed by atoms with Gasteiger partial charge in [0.2, 0.25) is 0 Å². The third-order valence-corrected chi connectivity index (χ3v) is 3.33. The molecule has 0 bridgehead atoms. The second kappa shape index (κ2) is 2.73. The topological polar surface area (TPSA) is 9.23 Å². The van der Waals surface area contributed by atoms with Gasteiger partial charge in [-0.3, -0.25) is 0 Å². The van der Waals surface area contributed by atoms with Gasteiger partial charge in [0.1, 0.15) is 0 Å². The third kappa shape index (κ3) is 1.52. The maximum Gasteiger partial charge on any atom is 0.0632 e. The lowest BCUT2D eigenvalue weighted by Gasteiger charge is -2.32. The van der Waals surface area contributed by atoms with Crippen LogP contribution in [0, 0.1) is 11.8 Å². The van der Waals surface area contributed by atoms with Crippen molar-refractivity contribution in [1.82, 2.24) is 0 Å². The molecule has 1 radical (unpaired) electrons. The van der Waals surface area contributed by atoms with E-state index >= 15 is 0 Å². The second-order valence-electron chi connectivity index (χ2n) is 5.09. The molecule has 0 aromatic carbocycles. The molecule has 1 saturated heterocycles. The Morgan fingerprint density at radius 1 is 1.17 bits per heavy atom. The van der Waals surface area contributed by atoms with Crippen LogP contribution in [-0.4, -0.2) is 12.2 Å². The molecule has 0 unspecified atom stereocenters. The highest BCUT2D eigenvalue weighted by molar-refractivity contribution is 4.96. The van der Waals surface area contributed by atoms with Crippen molar-refractivity contribution in [3.8, 4) is 0 Å². The number of hydrogen-bond donors (Lipinski definition) is 0. The summed E-state index contributed by atoms with van der Waals surface area (Å²) in [7, 11) is 0. The summed E-state index contributed by atoms with van der Waals surface area (Å²) < 4.78 is 5.82. The van der Waals surface area contributed by atoms with Gasteiger partial charge in [-0.25, -0.2) is 0 Å². The molecule has 2 rings (SSSR count). The zero-order valence-electron chi connectivity index (χ0n) is 8.23. The predicted molar refractivity (Wildman–Crippen MR) is 49.8 cm³/mol. The molecule has 1 aliphatic carbocycles. The van der Waals surface area contributed by atoms with Gasteiger partial charge in [-0.1, -0.05) is 0 Å². The minimum absolute atomic E-state index is 0.150. The number of ether oxygens (including phenoxy) is 1. The maximum absolute atomic E-state index is 5.82. The van der Waals surface area contributed by atoms with Crippen molar-refractivity contribution in [2.75, 3.05) is 6.61 Å². The zero-order valence-corrected chi connectivity index (χ0v) is 8.23. The summed E-state index contributed by atoms with van der Waals surface area (Å²) >= 11 is 0. The molecular formula is C11H19O. The average molecular weight is 167 g/mol. The minimum Gasteiger partial charge on any atom is -0.375 e. The Labute approximate surface area is 75.5 Å². The largest absolute Gasteiger partial charge is 0.375 e. The van der Waals surface area contributed by atoms with Gasteiger partial charge in [-0.15, -0.1) is 0 Å².